The van der Waals surface area contributed by atoms with Crippen LogP contribution in [0.3, 0.4) is 0 Å². The van der Waals surface area contributed by atoms with E-state index in [0.29, 0.717) is 5.56 Å². The zero-order valence-corrected chi connectivity index (χ0v) is 10.6. The van der Waals surface area contributed by atoms with Crippen LogP contribution < -0.4 is 0 Å². The van der Waals surface area contributed by atoms with Gasteiger partial charge in [0.15, 0.2) is 5.92 Å². The standard InChI is InChI=1S/C11H12O4.C2H6/c1-14-10(12)9(11(13)15-2)8-6-4-3-5-7-8;1-2/h3-7,9H,1-2H3;1-2H3. The summed E-state index contributed by atoms with van der Waals surface area (Å²) in [6.07, 6.45) is 0. The SMILES string of the molecule is CC.COC(=O)C(C(=O)OC)c1ccccc1. The van der Waals surface area contributed by atoms with E-state index in [2.05, 4.69) is 9.47 Å². The van der Waals surface area contributed by atoms with E-state index >= 15 is 0 Å². The Hall–Kier alpha value is -1.84. The third-order valence-electron chi connectivity index (χ3n) is 2.01. The second kappa shape index (κ2) is 8.33. The Morgan fingerprint density at radius 1 is 0.941 bits per heavy atom. The molecule has 17 heavy (non-hydrogen) atoms. The molecule has 0 spiro atoms. The third kappa shape index (κ3) is 4.26. The molecule has 0 aliphatic rings. The molecule has 0 atom stereocenters. The molecule has 1 aromatic rings. The maximum Gasteiger partial charge on any atom is 0.324 e. The average Bonchev–Trinajstić information content (AvgIpc) is 2.42. The van der Waals surface area contributed by atoms with Crippen LogP contribution in [0.25, 0.3) is 0 Å². The summed E-state index contributed by atoms with van der Waals surface area (Å²) in [7, 11) is 2.47. The summed E-state index contributed by atoms with van der Waals surface area (Å²) < 4.78 is 9.10. The van der Waals surface area contributed by atoms with Crippen LogP contribution in [0.2, 0.25) is 0 Å². The van der Waals surface area contributed by atoms with E-state index in [1.165, 1.54) is 14.2 Å². The monoisotopic (exact) mass is 238 g/mol. The predicted molar refractivity (Wildman–Crippen MR) is 64.6 cm³/mol. The Bertz CT molecular complexity index is 330. The molecule has 0 aromatic heterocycles. The minimum atomic E-state index is -0.999. The van der Waals surface area contributed by atoms with Gasteiger partial charge in [0, 0.05) is 0 Å². The first-order valence-corrected chi connectivity index (χ1v) is 5.41. The van der Waals surface area contributed by atoms with Gasteiger partial charge in [-0.1, -0.05) is 44.2 Å². The summed E-state index contributed by atoms with van der Waals surface area (Å²) in [5, 5.41) is 0. The lowest BCUT2D eigenvalue weighted by atomic mass is 10.00. The second-order valence-electron chi connectivity index (χ2n) is 2.89. The minimum Gasteiger partial charge on any atom is -0.468 e. The number of esters is 2. The van der Waals surface area contributed by atoms with E-state index < -0.39 is 17.9 Å². The van der Waals surface area contributed by atoms with Crippen molar-refractivity contribution in [2.45, 2.75) is 19.8 Å². The zero-order valence-electron chi connectivity index (χ0n) is 10.6. The molecule has 0 amide bonds. The molecular weight excluding hydrogens is 220 g/mol. The highest BCUT2D eigenvalue weighted by Crippen LogP contribution is 2.18. The van der Waals surface area contributed by atoms with Crippen LogP contribution in [0.15, 0.2) is 30.3 Å². The highest BCUT2D eigenvalue weighted by molar-refractivity contribution is 6.00. The molecule has 0 bridgehead atoms. The van der Waals surface area contributed by atoms with E-state index in [-0.39, 0.29) is 0 Å². The Morgan fingerprint density at radius 3 is 1.71 bits per heavy atom. The minimum absolute atomic E-state index is 0.566. The Balaban J connectivity index is 0.00000121. The number of hydrogen-bond acceptors (Lipinski definition) is 4. The molecule has 0 aliphatic heterocycles. The van der Waals surface area contributed by atoms with E-state index in [1.54, 1.807) is 30.3 Å². The van der Waals surface area contributed by atoms with Gasteiger partial charge in [0.25, 0.3) is 0 Å². The molecule has 0 saturated heterocycles. The summed E-state index contributed by atoms with van der Waals surface area (Å²) in [6.45, 7) is 4.00. The molecule has 94 valence electrons. The van der Waals surface area contributed by atoms with Crippen LogP contribution in [-0.2, 0) is 19.1 Å². The van der Waals surface area contributed by atoms with Crippen molar-refractivity contribution in [1.82, 2.24) is 0 Å². The van der Waals surface area contributed by atoms with Crippen molar-refractivity contribution in [2.24, 2.45) is 0 Å². The van der Waals surface area contributed by atoms with Gasteiger partial charge in [0.1, 0.15) is 0 Å². The number of ether oxygens (including phenoxy) is 2. The largest absolute Gasteiger partial charge is 0.468 e. The summed E-state index contributed by atoms with van der Waals surface area (Å²) in [5.74, 6) is -2.23. The Morgan fingerprint density at radius 2 is 1.35 bits per heavy atom. The Kier molecular flexibility index (Phi) is 7.43. The molecule has 0 saturated carbocycles. The lowest BCUT2D eigenvalue weighted by Crippen LogP contribution is -2.24. The van der Waals surface area contributed by atoms with Gasteiger partial charge in [0.2, 0.25) is 0 Å². The third-order valence-corrected chi connectivity index (χ3v) is 2.01. The van der Waals surface area contributed by atoms with E-state index in [4.69, 9.17) is 0 Å². The van der Waals surface area contributed by atoms with Gasteiger partial charge in [0.05, 0.1) is 14.2 Å². The maximum atomic E-state index is 11.4. The van der Waals surface area contributed by atoms with E-state index in [9.17, 15) is 9.59 Å². The highest BCUT2D eigenvalue weighted by atomic mass is 16.5. The number of rotatable bonds is 3. The molecule has 0 aliphatic carbocycles. The van der Waals surface area contributed by atoms with Crippen LogP contribution in [0.5, 0.6) is 0 Å². The van der Waals surface area contributed by atoms with Crippen LogP contribution in [-0.4, -0.2) is 26.2 Å². The average molecular weight is 238 g/mol. The lowest BCUT2D eigenvalue weighted by molar-refractivity contribution is -0.154. The first-order valence-electron chi connectivity index (χ1n) is 5.41. The number of carbonyl (C=O) groups excluding carboxylic acids is 2. The second-order valence-corrected chi connectivity index (χ2v) is 2.89. The molecular formula is C13H18O4. The molecule has 1 aromatic carbocycles. The van der Waals surface area contributed by atoms with Crippen molar-refractivity contribution in [1.29, 1.82) is 0 Å². The molecule has 0 radical (unpaired) electrons. The van der Waals surface area contributed by atoms with Crippen LogP contribution in [0.4, 0.5) is 0 Å². The van der Waals surface area contributed by atoms with Crippen LogP contribution in [0.1, 0.15) is 25.3 Å². The predicted octanol–water partition coefficient (Wildman–Crippen LogP) is 2.14. The molecule has 4 nitrogen and oxygen atoms in total. The van der Waals surface area contributed by atoms with Crippen LogP contribution >= 0.6 is 0 Å². The fourth-order valence-corrected chi connectivity index (χ4v) is 1.25. The summed E-state index contributed by atoms with van der Waals surface area (Å²) in [5.41, 5.74) is 0.566. The molecule has 1 rings (SSSR count). The van der Waals surface area contributed by atoms with Crippen molar-refractivity contribution >= 4 is 11.9 Å². The lowest BCUT2D eigenvalue weighted by Gasteiger charge is -2.12. The molecule has 0 unspecified atom stereocenters. The number of benzene rings is 1. The number of hydrogen-bond donors (Lipinski definition) is 0. The number of carbonyl (C=O) groups is 2. The molecule has 0 heterocycles. The van der Waals surface area contributed by atoms with Gasteiger partial charge in [-0.15, -0.1) is 0 Å². The van der Waals surface area contributed by atoms with Gasteiger partial charge < -0.3 is 9.47 Å². The number of methoxy groups -OCH3 is 2. The quantitative estimate of drug-likeness (QED) is 0.598. The topological polar surface area (TPSA) is 52.6 Å². The maximum absolute atomic E-state index is 11.4. The first kappa shape index (κ1) is 15.2. The summed E-state index contributed by atoms with van der Waals surface area (Å²) in [4.78, 5) is 22.8. The van der Waals surface area contributed by atoms with E-state index in [1.807, 2.05) is 13.8 Å². The van der Waals surface area contributed by atoms with Gasteiger partial charge in [-0.25, -0.2) is 0 Å². The smallest absolute Gasteiger partial charge is 0.324 e. The van der Waals surface area contributed by atoms with Gasteiger partial charge in [-0.05, 0) is 5.56 Å². The van der Waals surface area contributed by atoms with Crippen molar-refractivity contribution in [3.63, 3.8) is 0 Å². The van der Waals surface area contributed by atoms with Crippen molar-refractivity contribution < 1.29 is 19.1 Å². The van der Waals surface area contributed by atoms with Gasteiger partial charge in [-0.3, -0.25) is 9.59 Å². The molecule has 0 fully saturated rings. The van der Waals surface area contributed by atoms with Crippen LogP contribution in [0, 0.1) is 0 Å². The van der Waals surface area contributed by atoms with Gasteiger partial charge in [-0.2, -0.15) is 0 Å². The fourth-order valence-electron chi connectivity index (χ4n) is 1.25. The van der Waals surface area contributed by atoms with E-state index in [0.717, 1.165) is 0 Å². The Labute approximate surface area is 102 Å². The molecule has 4 heteroatoms. The van der Waals surface area contributed by atoms with Crippen molar-refractivity contribution in [3.8, 4) is 0 Å². The summed E-state index contributed by atoms with van der Waals surface area (Å²) >= 11 is 0. The fraction of sp³-hybridized carbons (Fsp3) is 0.385. The normalized spacial score (nSPS) is 9.00. The molecule has 0 N–H and O–H groups in total. The van der Waals surface area contributed by atoms with Crippen molar-refractivity contribution in [2.75, 3.05) is 14.2 Å². The van der Waals surface area contributed by atoms with Crippen molar-refractivity contribution in [3.05, 3.63) is 35.9 Å². The highest BCUT2D eigenvalue weighted by Gasteiger charge is 2.30. The van der Waals surface area contributed by atoms with Gasteiger partial charge >= 0.3 is 11.9 Å². The first-order chi connectivity index (χ1) is 8.20. The summed E-state index contributed by atoms with van der Waals surface area (Å²) in [6, 6.07) is 8.65. The zero-order chi connectivity index (χ0) is 13.3.